The van der Waals surface area contributed by atoms with Crippen molar-refractivity contribution in [2.75, 3.05) is 24.4 Å². The molecule has 4 rings (SSSR count). The number of hydrogen-bond acceptors (Lipinski definition) is 10. The van der Waals surface area contributed by atoms with Crippen LogP contribution in [-0.4, -0.2) is 72.4 Å². The van der Waals surface area contributed by atoms with Gasteiger partial charge in [-0.1, -0.05) is 12.7 Å². The normalized spacial score (nSPS) is 17.8. The van der Waals surface area contributed by atoms with Crippen LogP contribution in [0, 0.1) is 0 Å². The molecule has 2 fully saturated rings. The van der Waals surface area contributed by atoms with Crippen molar-refractivity contribution in [1.82, 2.24) is 30.2 Å². The van der Waals surface area contributed by atoms with E-state index >= 15 is 0 Å². The summed E-state index contributed by atoms with van der Waals surface area (Å²) in [5.74, 6) is 0.574. The Morgan fingerprint density at radius 3 is 2.75 bits per heavy atom. The second-order valence-electron chi connectivity index (χ2n) is 9.49. The van der Waals surface area contributed by atoms with E-state index in [-0.39, 0.29) is 23.0 Å². The van der Waals surface area contributed by atoms with Gasteiger partial charge in [0.05, 0.1) is 41.0 Å². The van der Waals surface area contributed by atoms with Crippen molar-refractivity contribution in [2.24, 2.45) is 4.99 Å². The third-order valence-corrected chi connectivity index (χ3v) is 8.13. The molecular weight excluding hydrogens is 532 g/mol. The number of piperidine rings is 1. The number of aliphatic imine (C=N–C) groups is 1. The van der Waals surface area contributed by atoms with Crippen LogP contribution in [0.25, 0.3) is 0 Å². The number of carbonyl (C=O) groups is 2. The number of rotatable bonds is 12. The first-order valence-corrected chi connectivity index (χ1v) is 14.4. The molecule has 1 atom stereocenters. The molecule has 1 unspecified atom stereocenters. The fraction of sp³-hybridized carbons (Fsp3) is 0.444. The number of likely N-dealkylation sites (tertiary alicyclic amines) is 1. The molecule has 13 heteroatoms. The van der Waals surface area contributed by atoms with Crippen LogP contribution in [0.15, 0.2) is 54.2 Å². The Kier molecular flexibility index (Phi) is 9.83. The quantitative estimate of drug-likeness (QED) is 0.223. The molecule has 0 bridgehead atoms. The van der Waals surface area contributed by atoms with Gasteiger partial charge in [-0.15, -0.1) is 0 Å². The molecule has 1 saturated carbocycles. The van der Waals surface area contributed by atoms with Crippen molar-refractivity contribution in [3.63, 3.8) is 0 Å². The number of allylic oxidation sites excluding steroid dienone is 2. The summed E-state index contributed by atoms with van der Waals surface area (Å²) >= 11 is -1.28. The molecule has 40 heavy (non-hydrogen) atoms. The number of aromatic nitrogens is 4. The molecule has 12 nitrogen and oxygen atoms in total. The van der Waals surface area contributed by atoms with Crippen molar-refractivity contribution in [3.05, 3.63) is 60.6 Å². The summed E-state index contributed by atoms with van der Waals surface area (Å²) in [6, 6.07) is 1.69. The van der Waals surface area contributed by atoms with Gasteiger partial charge in [-0.2, -0.15) is 4.72 Å². The predicted molar refractivity (Wildman–Crippen MR) is 152 cm³/mol. The molecule has 2 N–H and O–H groups in total. The van der Waals surface area contributed by atoms with Crippen LogP contribution in [0.1, 0.15) is 50.9 Å². The minimum absolute atomic E-state index is 0.0489. The maximum atomic E-state index is 13.9. The first-order valence-electron chi connectivity index (χ1n) is 13.2. The number of amides is 2. The minimum Gasteiger partial charge on any atom is -0.593 e. The monoisotopic (exact) mass is 566 g/mol. The topological polar surface area (TPSA) is 158 Å². The van der Waals surface area contributed by atoms with E-state index in [1.165, 1.54) is 13.0 Å². The van der Waals surface area contributed by atoms with Crippen LogP contribution in [0.4, 0.5) is 5.95 Å². The molecule has 1 aliphatic heterocycles. The summed E-state index contributed by atoms with van der Waals surface area (Å²) < 4.78 is 20.7. The van der Waals surface area contributed by atoms with Gasteiger partial charge in [0.15, 0.2) is 0 Å². The van der Waals surface area contributed by atoms with E-state index in [1.54, 1.807) is 41.8 Å². The van der Waals surface area contributed by atoms with E-state index in [4.69, 9.17) is 4.74 Å². The highest BCUT2D eigenvalue weighted by Crippen LogP contribution is 2.36. The molecule has 2 amide bonds. The second kappa shape index (κ2) is 13.5. The molecule has 0 radical (unpaired) electrons. The number of carbonyl (C=O) groups excluding carboxylic acids is 2. The van der Waals surface area contributed by atoms with Crippen LogP contribution >= 0.6 is 0 Å². The van der Waals surface area contributed by atoms with Crippen LogP contribution in [0.3, 0.4) is 0 Å². The number of ether oxygens (including phenoxy) is 1. The zero-order valence-corrected chi connectivity index (χ0v) is 23.5. The van der Waals surface area contributed by atoms with Gasteiger partial charge in [0.2, 0.25) is 17.7 Å². The molecule has 1 aliphatic carbocycles. The summed E-state index contributed by atoms with van der Waals surface area (Å²) in [6.45, 7) is 8.39. The Hall–Kier alpha value is -3.84. The highest BCUT2D eigenvalue weighted by Gasteiger charge is 2.45. The van der Waals surface area contributed by atoms with E-state index < -0.39 is 16.8 Å². The van der Waals surface area contributed by atoms with E-state index in [0.29, 0.717) is 62.0 Å². The summed E-state index contributed by atoms with van der Waals surface area (Å²) in [5, 5.41) is 3.02. The van der Waals surface area contributed by atoms with Crippen molar-refractivity contribution < 1.29 is 18.9 Å². The largest absolute Gasteiger partial charge is 0.593 e. The highest BCUT2D eigenvalue weighted by atomic mass is 32.2. The van der Waals surface area contributed by atoms with Crippen molar-refractivity contribution in [2.45, 2.75) is 56.6 Å². The number of nitrogens with zero attached hydrogens (tertiary/aromatic N) is 6. The van der Waals surface area contributed by atoms with Gasteiger partial charge >= 0.3 is 0 Å². The third-order valence-electron chi connectivity index (χ3n) is 6.66. The standard InChI is InChI=1S/C27H34N8O4S/c1-4-6-23(29-13-9-20-17-28-18-24(31-20)39-5-2)33-25(37)27(11-15-35(16-12-27)19(3)36)22-10-14-30-26(32-22)34-40(38)21-7-8-21/h4,6,10,13-14,17-18,21H,1,5,7-9,11-12,15-16H2,2-3H3,(H,33,37)(H,30,32,34)/b23-6+,29-13?. The summed E-state index contributed by atoms with van der Waals surface area (Å²) in [4.78, 5) is 49.4. The fourth-order valence-electron chi connectivity index (χ4n) is 4.34. The molecule has 0 aromatic carbocycles. The lowest BCUT2D eigenvalue weighted by atomic mass is 9.74. The van der Waals surface area contributed by atoms with Gasteiger partial charge in [-0.25, -0.2) is 19.9 Å². The third kappa shape index (κ3) is 7.42. The predicted octanol–water partition coefficient (Wildman–Crippen LogP) is 2.24. The van der Waals surface area contributed by atoms with Crippen molar-refractivity contribution in [1.29, 1.82) is 0 Å². The first-order chi connectivity index (χ1) is 19.3. The Morgan fingerprint density at radius 2 is 2.08 bits per heavy atom. The summed E-state index contributed by atoms with van der Waals surface area (Å²) in [6.07, 6.45) is 12.4. The van der Waals surface area contributed by atoms with Crippen LogP contribution in [-0.2, 0) is 32.8 Å². The molecule has 2 aliphatic rings. The fourth-order valence-corrected chi connectivity index (χ4v) is 5.35. The molecule has 1 saturated heterocycles. The van der Waals surface area contributed by atoms with E-state index in [0.717, 1.165) is 12.8 Å². The molecule has 2 aromatic rings. The van der Waals surface area contributed by atoms with Gasteiger partial charge in [0, 0.05) is 57.9 Å². The van der Waals surface area contributed by atoms with Crippen molar-refractivity contribution >= 4 is 35.3 Å². The zero-order chi connectivity index (χ0) is 28.5. The Balaban J connectivity index is 1.54. The van der Waals surface area contributed by atoms with Gasteiger partial charge in [0.1, 0.15) is 11.1 Å². The van der Waals surface area contributed by atoms with Gasteiger partial charge < -0.3 is 19.5 Å². The van der Waals surface area contributed by atoms with Crippen LogP contribution in [0.2, 0.25) is 0 Å². The van der Waals surface area contributed by atoms with Crippen LogP contribution < -0.4 is 14.8 Å². The molecular formula is C27H34N8O4S. The Morgan fingerprint density at radius 1 is 1.30 bits per heavy atom. The van der Waals surface area contributed by atoms with Gasteiger partial charge in [-0.3, -0.25) is 14.6 Å². The number of nitrogens with one attached hydrogen (secondary N) is 2. The average molecular weight is 567 g/mol. The zero-order valence-electron chi connectivity index (χ0n) is 22.7. The molecule has 212 valence electrons. The molecule has 3 heterocycles. The first kappa shape index (κ1) is 29.2. The Bertz CT molecular complexity index is 1270. The van der Waals surface area contributed by atoms with Gasteiger partial charge in [-0.05, 0) is 31.9 Å². The number of hydrogen-bond donors (Lipinski definition) is 2. The summed E-state index contributed by atoms with van der Waals surface area (Å²) in [7, 11) is 0. The Labute approximate surface area is 236 Å². The minimum atomic E-state index is -1.28. The van der Waals surface area contributed by atoms with Crippen LogP contribution in [0.5, 0.6) is 5.88 Å². The summed E-state index contributed by atoms with van der Waals surface area (Å²) in [5.41, 5.74) is 0.0968. The molecule has 0 spiro atoms. The van der Waals surface area contributed by atoms with E-state index in [9.17, 15) is 14.1 Å². The van der Waals surface area contributed by atoms with E-state index in [1.807, 2.05) is 6.92 Å². The highest BCUT2D eigenvalue weighted by molar-refractivity contribution is 7.93. The smallest absolute Gasteiger partial charge is 0.265 e. The average Bonchev–Trinajstić information content (AvgIpc) is 3.80. The maximum Gasteiger partial charge on any atom is 0.265 e. The van der Waals surface area contributed by atoms with E-state index in [2.05, 4.69) is 41.5 Å². The van der Waals surface area contributed by atoms with Gasteiger partial charge in [0.25, 0.3) is 5.95 Å². The lowest BCUT2D eigenvalue weighted by Crippen LogP contribution is -2.52. The molecule has 2 aromatic heterocycles. The maximum absolute atomic E-state index is 13.9. The SMILES string of the molecule is C=C/C=C(\N=CCc1cncc(OCC)n1)NC(=O)C1(c2ccnc(N[S+]([O-])C3CC3)n2)CCN(C(C)=O)CC1. The second-order valence-corrected chi connectivity index (χ2v) is 11.0. The lowest BCUT2D eigenvalue weighted by Gasteiger charge is -2.40. The lowest BCUT2D eigenvalue weighted by molar-refractivity contribution is -0.135. The number of anilines is 1. The van der Waals surface area contributed by atoms with Crippen molar-refractivity contribution in [3.8, 4) is 5.88 Å².